The van der Waals surface area contributed by atoms with Gasteiger partial charge >= 0.3 is 0 Å². The summed E-state index contributed by atoms with van der Waals surface area (Å²) < 4.78 is 5.40. The Kier molecular flexibility index (Phi) is 3.52. The minimum atomic E-state index is -0.256. The molecule has 0 aliphatic carbocycles. The van der Waals surface area contributed by atoms with Crippen molar-refractivity contribution in [3.05, 3.63) is 16.1 Å². The summed E-state index contributed by atoms with van der Waals surface area (Å²) in [6, 6.07) is 0. The van der Waals surface area contributed by atoms with Crippen molar-refractivity contribution < 1.29 is 4.74 Å². The third kappa shape index (κ3) is 2.78. The molecular weight excluding hydrogens is 224 g/mol. The maximum Gasteiger partial charge on any atom is 0.127 e. The highest BCUT2D eigenvalue weighted by molar-refractivity contribution is 7.09. The van der Waals surface area contributed by atoms with Crippen LogP contribution in [0, 0.1) is 12.3 Å². The first-order chi connectivity index (χ1) is 7.65. The molecular formula is C10H16N4OS. The summed E-state index contributed by atoms with van der Waals surface area (Å²) in [5, 5.41) is 10.5. The van der Waals surface area contributed by atoms with Crippen LogP contribution in [-0.2, 0) is 11.3 Å². The molecule has 1 aromatic heterocycles. The van der Waals surface area contributed by atoms with Gasteiger partial charge in [-0.15, -0.1) is 11.3 Å². The molecule has 0 saturated carbocycles. The Morgan fingerprint density at radius 3 is 3.25 bits per heavy atom. The molecule has 1 saturated heterocycles. The molecule has 0 radical (unpaired) electrons. The SMILES string of the molecule is Cc1nc(CN2CCOC(C(=N)N)C2)cs1. The average Bonchev–Trinajstić information content (AvgIpc) is 2.64. The van der Waals surface area contributed by atoms with E-state index in [0.717, 1.165) is 23.8 Å². The molecule has 5 nitrogen and oxygen atoms in total. The topological polar surface area (TPSA) is 75.2 Å². The zero-order valence-electron chi connectivity index (χ0n) is 9.27. The van der Waals surface area contributed by atoms with E-state index in [0.29, 0.717) is 13.2 Å². The Labute approximate surface area is 98.7 Å². The molecule has 16 heavy (non-hydrogen) atoms. The lowest BCUT2D eigenvalue weighted by molar-refractivity contribution is 0.00197. The molecule has 1 atom stereocenters. The lowest BCUT2D eigenvalue weighted by atomic mass is 10.2. The van der Waals surface area contributed by atoms with E-state index >= 15 is 0 Å². The third-order valence-electron chi connectivity index (χ3n) is 2.55. The van der Waals surface area contributed by atoms with E-state index in [-0.39, 0.29) is 11.9 Å². The molecule has 3 N–H and O–H groups in total. The summed E-state index contributed by atoms with van der Waals surface area (Å²) in [5.74, 6) is 0.110. The standard InChI is InChI=1S/C10H16N4OS/c1-7-13-8(6-16-7)4-14-2-3-15-9(5-14)10(11)12/h6,9H,2-5H2,1H3,(H3,11,12). The molecule has 1 fully saturated rings. The lowest BCUT2D eigenvalue weighted by Crippen LogP contribution is -2.47. The molecule has 1 aliphatic heterocycles. The van der Waals surface area contributed by atoms with E-state index in [9.17, 15) is 0 Å². The van der Waals surface area contributed by atoms with Crippen LogP contribution in [0.25, 0.3) is 0 Å². The molecule has 2 heterocycles. The van der Waals surface area contributed by atoms with Gasteiger partial charge in [0, 0.05) is 25.0 Å². The summed E-state index contributed by atoms with van der Waals surface area (Å²) in [7, 11) is 0. The molecule has 88 valence electrons. The van der Waals surface area contributed by atoms with Crippen molar-refractivity contribution in [3.8, 4) is 0 Å². The van der Waals surface area contributed by atoms with Crippen molar-refractivity contribution in [2.24, 2.45) is 5.73 Å². The molecule has 0 aromatic carbocycles. The highest BCUT2D eigenvalue weighted by Crippen LogP contribution is 2.13. The van der Waals surface area contributed by atoms with E-state index in [1.807, 2.05) is 6.92 Å². The zero-order valence-corrected chi connectivity index (χ0v) is 10.1. The number of amidine groups is 1. The molecule has 6 heteroatoms. The zero-order chi connectivity index (χ0) is 11.5. The Morgan fingerprint density at radius 2 is 2.62 bits per heavy atom. The molecule has 0 amide bonds. The van der Waals surface area contributed by atoms with Gasteiger partial charge in [-0.3, -0.25) is 10.3 Å². The highest BCUT2D eigenvalue weighted by atomic mass is 32.1. The summed E-state index contributed by atoms with van der Waals surface area (Å²) in [6.45, 7) is 5.02. The fourth-order valence-corrected chi connectivity index (χ4v) is 2.35. The van der Waals surface area contributed by atoms with E-state index in [1.54, 1.807) is 11.3 Å². The van der Waals surface area contributed by atoms with Gasteiger partial charge in [-0.25, -0.2) is 4.98 Å². The van der Waals surface area contributed by atoms with Gasteiger partial charge in [0.1, 0.15) is 11.9 Å². The maximum atomic E-state index is 7.38. The third-order valence-corrected chi connectivity index (χ3v) is 3.37. The van der Waals surface area contributed by atoms with Crippen LogP contribution in [0.3, 0.4) is 0 Å². The number of hydrogen-bond acceptors (Lipinski definition) is 5. The van der Waals surface area contributed by atoms with Crippen molar-refractivity contribution in [3.63, 3.8) is 0 Å². The van der Waals surface area contributed by atoms with E-state index in [1.165, 1.54) is 0 Å². The van der Waals surface area contributed by atoms with Gasteiger partial charge in [0.2, 0.25) is 0 Å². The highest BCUT2D eigenvalue weighted by Gasteiger charge is 2.22. The van der Waals surface area contributed by atoms with Crippen molar-refractivity contribution in [2.45, 2.75) is 19.6 Å². The monoisotopic (exact) mass is 240 g/mol. The molecule has 2 rings (SSSR count). The second kappa shape index (κ2) is 4.90. The first kappa shape index (κ1) is 11.5. The van der Waals surface area contributed by atoms with Crippen molar-refractivity contribution in [1.29, 1.82) is 5.41 Å². The molecule has 1 aromatic rings. The summed E-state index contributed by atoms with van der Waals surface area (Å²) in [4.78, 5) is 6.65. The minimum Gasteiger partial charge on any atom is -0.385 e. The summed E-state index contributed by atoms with van der Waals surface area (Å²) in [5.41, 5.74) is 6.53. The second-order valence-electron chi connectivity index (χ2n) is 3.91. The van der Waals surface area contributed by atoms with Crippen LogP contribution < -0.4 is 5.73 Å². The van der Waals surface area contributed by atoms with Crippen LogP contribution in [0.15, 0.2) is 5.38 Å². The van der Waals surface area contributed by atoms with Gasteiger partial charge in [0.15, 0.2) is 0 Å². The van der Waals surface area contributed by atoms with E-state index in [2.05, 4.69) is 15.3 Å². The number of nitrogens with one attached hydrogen (secondary N) is 1. The fourth-order valence-electron chi connectivity index (χ4n) is 1.74. The van der Waals surface area contributed by atoms with Crippen molar-refractivity contribution in [2.75, 3.05) is 19.7 Å². The molecule has 0 spiro atoms. The van der Waals surface area contributed by atoms with Crippen LogP contribution >= 0.6 is 11.3 Å². The quantitative estimate of drug-likeness (QED) is 0.599. The normalized spacial score (nSPS) is 22.2. The van der Waals surface area contributed by atoms with Crippen molar-refractivity contribution >= 4 is 17.2 Å². The van der Waals surface area contributed by atoms with Crippen LogP contribution in [0.5, 0.6) is 0 Å². The number of rotatable bonds is 3. The van der Waals surface area contributed by atoms with Gasteiger partial charge in [0.05, 0.1) is 17.3 Å². The Balaban J connectivity index is 1.92. The van der Waals surface area contributed by atoms with Gasteiger partial charge in [-0.1, -0.05) is 0 Å². The number of hydrogen-bond donors (Lipinski definition) is 2. The number of nitrogens with two attached hydrogens (primary N) is 1. The number of ether oxygens (including phenoxy) is 1. The minimum absolute atomic E-state index is 0.110. The predicted molar refractivity (Wildman–Crippen MR) is 63.8 cm³/mol. The van der Waals surface area contributed by atoms with E-state index < -0.39 is 0 Å². The van der Waals surface area contributed by atoms with Gasteiger partial charge in [-0.2, -0.15) is 0 Å². The lowest BCUT2D eigenvalue weighted by Gasteiger charge is -2.31. The first-order valence-corrected chi connectivity index (χ1v) is 6.12. The van der Waals surface area contributed by atoms with Crippen LogP contribution in [0.1, 0.15) is 10.7 Å². The Morgan fingerprint density at radius 1 is 1.81 bits per heavy atom. The maximum absolute atomic E-state index is 7.38. The number of nitrogens with zero attached hydrogens (tertiary/aromatic N) is 2. The van der Waals surface area contributed by atoms with Crippen molar-refractivity contribution in [1.82, 2.24) is 9.88 Å². The Hall–Kier alpha value is -0.980. The Bertz CT molecular complexity index is 379. The largest absolute Gasteiger partial charge is 0.385 e. The average molecular weight is 240 g/mol. The fraction of sp³-hybridized carbons (Fsp3) is 0.600. The van der Waals surface area contributed by atoms with Crippen LogP contribution in [-0.4, -0.2) is 41.5 Å². The molecule has 0 bridgehead atoms. The van der Waals surface area contributed by atoms with Gasteiger partial charge in [0.25, 0.3) is 0 Å². The van der Waals surface area contributed by atoms with Gasteiger partial charge < -0.3 is 10.5 Å². The number of morpholine rings is 1. The molecule has 1 aliphatic rings. The smallest absolute Gasteiger partial charge is 0.127 e. The first-order valence-electron chi connectivity index (χ1n) is 5.24. The van der Waals surface area contributed by atoms with Crippen LogP contribution in [0.2, 0.25) is 0 Å². The summed E-state index contributed by atoms with van der Waals surface area (Å²) >= 11 is 1.66. The predicted octanol–water partition coefficient (Wildman–Crippen LogP) is 0.588. The number of aryl methyl sites for hydroxylation is 1. The second-order valence-corrected chi connectivity index (χ2v) is 4.97. The number of aromatic nitrogens is 1. The number of thiazole rings is 1. The van der Waals surface area contributed by atoms with E-state index in [4.69, 9.17) is 15.9 Å². The van der Waals surface area contributed by atoms with Crippen LogP contribution in [0.4, 0.5) is 0 Å². The molecule has 1 unspecified atom stereocenters. The summed E-state index contributed by atoms with van der Waals surface area (Å²) in [6.07, 6.45) is -0.256. The van der Waals surface area contributed by atoms with Gasteiger partial charge in [-0.05, 0) is 6.92 Å².